The second-order valence-corrected chi connectivity index (χ2v) is 7.17. The van der Waals surface area contributed by atoms with Crippen LogP contribution in [0, 0.1) is 6.92 Å². The number of piperidine rings is 1. The van der Waals surface area contributed by atoms with Crippen molar-refractivity contribution < 1.29 is 4.79 Å². The minimum Gasteiger partial charge on any atom is -0.357 e. The Bertz CT molecular complexity index is 733. The topological polar surface area (TPSA) is 65.1 Å². The van der Waals surface area contributed by atoms with Crippen LogP contribution in [0.25, 0.3) is 0 Å². The largest absolute Gasteiger partial charge is 0.357 e. The molecule has 0 spiro atoms. The molecule has 2 aromatic rings. The number of H-pyrrole nitrogens is 1. The first-order chi connectivity index (χ1) is 12.2. The molecule has 25 heavy (non-hydrogen) atoms. The lowest BCUT2D eigenvalue weighted by molar-refractivity contribution is 0.0705. The molecule has 2 aliphatic heterocycles. The molecule has 4 rings (SSSR count). The van der Waals surface area contributed by atoms with E-state index in [0.717, 1.165) is 56.2 Å². The first-order valence-electron chi connectivity index (χ1n) is 9.23. The predicted molar refractivity (Wildman–Crippen MR) is 96.9 cm³/mol. The first-order valence-corrected chi connectivity index (χ1v) is 9.23. The Kier molecular flexibility index (Phi) is 4.42. The Labute approximate surface area is 148 Å². The monoisotopic (exact) mass is 339 g/mol. The van der Waals surface area contributed by atoms with Crippen molar-refractivity contribution in [1.82, 2.24) is 20.1 Å². The summed E-state index contributed by atoms with van der Waals surface area (Å²) in [5.41, 5.74) is 2.82. The summed E-state index contributed by atoms with van der Waals surface area (Å²) in [7, 11) is 0. The van der Waals surface area contributed by atoms with Crippen LogP contribution in [0.3, 0.4) is 0 Å². The van der Waals surface area contributed by atoms with Crippen LogP contribution in [-0.4, -0.2) is 52.2 Å². The molecule has 0 aromatic carbocycles. The number of anilines is 1. The molecule has 1 N–H and O–H groups in total. The number of amides is 1. The van der Waals surface area contributed by atoms with E-state index in [9.17, 15) is 4.79 Å². The number of hydrogen-bond donors (Lipinski definition) is 1. The molecule has 0 unspecified atom stereocenters. The van der Waals surface area contributed by atoms with Gasteiger partial charge in [0.25, 0.3) is 5.91 Å². The Morgan fingerprint density at radius 1 is 1.20 bits per heavy atom. The molecule has 2 saturated heterocycles. The summed E-state index contributed by atoms with van der Waals surface area (Å²) in [4.78, 5) is 21.6. The Morgan fingerprint density at radius 2 is 2.04 bits per heavy atom. The number of carbonyl (C=O) groups excluding carboxylic acids is 1. The van der Waals surface area contributed by atoms with Gasteiger partial charge in [0.15, 0.2) is 0 Å². The van der Waals surface area contributed by atoms with Crippen LogP contribution in [0.4, 0.5) is 5.82 Å². The third-order valence-corrected chi connectivity index (χ3v) is 5.28. The summed E-state index contributed by atoms with van der Waals surface area (Å²) < 4.78 is 0. The Hall–Kier alpha value is -2.37. The van der Waals surface area contributed by atoms with Gasteiger partial charge < -0.3 is 9.80 Å². The van der Waals surface area contributed by atoms with E-state index in [2.05, 4.69) is 26.1 Å². The molecule has 1 atom stereocenters. The molecule has 0 aliphatic carbocycles. The van der Waals surface area contributed by atoms with Crippen molar-refractivity contribution in [1.29, 1.82) is 0 Å². The van der Waals surface area contributed by atoms with Gasteiger partial charge in [-0.25, -0.2) is 4.98 Å². The molecule has 0 bridgehead atoms. The van der Waals surface area contributed by atoms with E-state index in [1.165, 1.54) is 12.8 Å². The van der Waals surface area contributed by atoms with Gasteiger partial charge >= 0.3 is 0 Å². The van der Waals surface area contributed by atoms with E-state index in [1.807, 2.05) is 24.0 Å². The normalized spacial score (nSPS) is 20.9. The molecule has 2 aromatic heterocycles. The number of aromatic amines is 1. The van der Waals surface area contributed by atoms with Crippen molar-refractivity contribution in [2.45, 2.75) is 38.5 Å². The average Bonchev–Trinajstić information content (AvgIpc) is 3.33. The lowest BCUT2D eigenvalue weighted by Crippen LogP contribution is -2.39. The van der Waals surface area contributed by atoms with Gasteiger partial charge in [-0.05, 0) is 50.8 Å². The van der Waals surface area contributed by atoms with Crippen molar-refractivity contribution in [2.24, 2.45) is 0 Å². The fraction of sp³-hybridized carbons (Fsp3) is 0.526. The molecule has 6 heteroatoms. The number of likely N-dealkylation sites (tertiary alicyclic amines) is 1. The maximum absolute atomic E-state index is 12.9. The van der Waals surface area contributed by atoms with Crippen LogP contribution in [0.5, 0.6) is 0 Å². The van der Waals surface area contributed by atoms with Gasteiger partial charge in [0.1, 0.15) is 5.82 Å². The van der Waals surface area contributed by atoms with E-state index in [-0.39, 0.29) is 5.91 Å². The fourth-order valence-electron chi connectivity index (χ4n) is 3.88. The minimum atomic E-state index is 0.0810. The van der Waals surface area contributed by atoms with Crippen LogP contribution in [-0.2, 0) is 0 Å². The van der Waals surface area contributed by atoms with E-state index < -0.39 is 0 Å². The lowest BCUT2D eigenvalue weighted by atomic mass is 9.94. The van der Waals surface area contributed by atoms with Crippen LogP contribution >= 0.6 is 0 Å². The van der Waals surface area contributed by atoms with Crippen molar-refractivity contribution in [2.75, 3.05) is 31.1 Å². The molecule has 0 saturated carbocycles. The predicted octanol–water partition coefficient (Wildman–Crippen LogP) is 2.73. The number of pyridine rings is 1. The van der Waals surface area contributed by atoms with Gasteiger partial charge in [0.05, 0.1) is 11.3 Å². The second-order valence-electron chi connectivity index (χ2n) is 7.17. The van der Waals surface area contributed by atoms with E-state index in [4.69, 9.17) is 0 Å². The molecule has 132 valence electrons. The van der Waals surface area contributed by atoms with Gasteiger partial charge in [-0.3, -0.25) is 9.89 Å². The van der Waals surface area contributed by atoms with Crippen molar-refractivity contribution in [3.63, 3.8) is 0 Å². The van der Waals surface area contributed by atoms with Gasteiger partial charge in [0.2, 0.25) is 0 Å². The number of aryl methyl sites for hydroxylation is 1. The number of nitrogens with zero attached hydrogens (tertiary/aromatic N) is 4. The number of nitrogens with one attached hydrogen (secondary N) is 1. The van der Waals surface area contributed by atoms with Gasteiger partial charge in [-0.15, -0.1) is 0 Å². The highest BCUT2D eigenvalue weighted by Gasteiger charge is 2.27. The highest BCUT2D eigenvalue weighted by atomic mass is 16.2. The SMILES string of the molecule is Cc1cc([C@@H]2CCCN(C(=O)c3ccc(N4CCCC4)nc3)C2)n[nH]1. The first kappa shape index (κ1) is 16.1. The highest BCUT2D eigenvalue weighted by molar-refractivity contribution is 5.94. The number of hydrogen-bond acceptors (Lipinski definition) is 4. The van der Waals surface area contributed by atoms with E-state index in [0.29, 0.717) is 11.5 Å². The average molecular weight is 339 g/mol. The number of carbonyl (C=O) groups is 1. The maximum Gasteiger partial charge on any atom is 0.255 e. The van der Waals surface area contributed by atoms with E-state index >= 15 is 0 Å². The fourth-order valence-corrected chi connectivity index (χ4v) is 3.88. The lowest BCUT2D eigenvalue weighted by Gasteiger charge is -2.32. The zero-order chi connectivity index (χ0) is 17.2. The van der Waals surface area contributed by atoms with Crippen molar-refractivity contribution in [3.05, 3.63) is 41.3 Å². The maximum atomic E-state index is 12.9. The number of aromatic nitrogens is 3. The molecule has 2 aliphatic rings. The highest BCUT2D eigenvalue weighted by Crippen LogP contribution is 2.27. The summed E-state index contributed by atoms with van der Waals surface area (Å²) in [5, 5.41) is 7.39. The minimum absolute atomic E-state index is 0.0810. The summed E-state index contributed by atoms with van der Waals surface area (Å²) in [6.07, 6.45) is 6.29. The summed E-state index contributed by atoms with van der Waals surface area (Å²) >= 11 is 0. The van der Waals surface area contributed by atoms with Crippen LogP contribution in [0.2, 0.25) is 0 Å². The van der Waals surface area contributed by atoms with Crippen LogP contribution < -0.4 is 4.90 Å². The van der Waals surface area contributed by atoms with Crippen LogP contribution in [0.15, 0.2) is 24.4 Å². The zero-order valence-electron chi connectivity index (χ0n) is 14.7. The van der Waals surface area contributed by atoms with E-state index in [1.54, 1.807) is 6.20 Å². The summed E-state index contributed by atoms with van der Waals surface area (Å²) in [6, 6.07) is 5.99. The Balaban J connectivity index is 1.44. The van der Waals surface area contributed by atoms with Crippen LogP contribution in [0.1, 0.15) is 53.3 Å². The van der Waals surface area contributed by atoms with Gasteiger partial charge in [-0.2, -0.15) is 5.10 Å². The molecular formula is C19H25N5O. The number of rotatable bonds is 3. The Morgan fingerprint density at radius 3 is 2.72 bits per heavy atom. The third kappa shape index (κ3) is 3.38. The summed E-state index contributed by atoms with van der Waals surface area (Å²) in [5.74, 6) is 1.38. The molecular weight excluding hydrogens is 314 g/mol. The van der Waals surface area contributed by atoms with Crippen molar-refractivity contribution in [3.8, 4) is 0 Å². The van der Waals surface area contributed by atoms with Crippen molar-refractivity contribution >= 4 is 11.7 Å². The smallest absolute Gasteiger partial charge is 0.255 e. The molecule has 1 amide bonds. The summed E-state index contributed by atoms with van der Waals surface area (Å²) in [6.45, 7) is 5.69. The third-order valence-electron chi connectivity index (χ3n) is 5.28. The standard InChI is InChI=1S/C19H25N5O/c1-14-11-17(22-21-14)16-5-4-10-24(13-16)19(25)15-6-7-18(20-12-15)23-8-2-3-9-23/h6-7,11-12,16H,2-5,8-10,13H2,1H3,(H,21,22)/t16-/m1/s1. The molecule has 4 heterocycles. The van der Waals surface area contributed by atoms with Gasteiger partial charge in [-0.1, -0.05) is 0 Å². The second kappa shape index (κ2) is 6.86. The molecule has 6 nitrogen and oxygen atoms in total. The molecule has 2 fully saturated rings. The molecule has 0 radical (unpaired) electrons. The quantitative estimate of drug-likeness (QED) is 0.934. The zero-order valence-corrected chi connectivity index (χ0v) is 14.7. The van der Waals surface area contributed by atoms with Gasteiger partial charge in [0, 0.05) is 44.0 Å².